The summed E-state index contributed by atoms with van der Waals surface area (Å²) < 4.78 is 0. The molecule has 1 aromatic carbocycles. The van der Waals surface area contributed by atoms with E-state index in [9.17, 15) is 4.79 Å². The maximum atomic E-state index is 11.3. The molecule has 0 atom stereocenters. The van der Waals surface area contributed by atoms with E-state index in [-0.39, 0.29) is 5.91 Å². The van der Waals surface area contributed by atoms with Crippen LogP contribution in [0.15, 0.2) is 18.2 Å². The highest BCUT2D eigenvalue weighted by Gasteiger charge is 2.04. The third-order valence-corrected chi connectivity index (χ3v) is 3.54. The smallest absolute Gasteiger partial charge is 0.230 e. The monoisotopic (exact) mass is 292 g/mol. The van der Waals surface area contributed by atoms with Crippen molar-refractivity contribution in [2.24, 2.45) is 5.73 Å². The van der Waals surface area contributed by atoms with E-state index >= 15 is 0 Å². The largest absolute Gasteiger partial charge is 0.354 e. The molecule has 0 aromatic heterocycles. The van der Waals surface area contributed by atoms with Gasteiger partial charge in [-0.1, -0.05) is 29.3 Å². The van der Waals surface area contributed by atoms with Gasteiger partial charge in [-0.05, 0) is 17.7 Å². The Balaban J connectivity index is 2.33. The molecule has 1 aromatic rings. The van der Waals surface area contributed by atoms with E-state index in [2.05, 4.69) is 5.32 Å². The van der Waals surface area contributed by atoms with Gasteiger partial charge in [0.25, 0.3) is 0 Å². The molecule has 0 unspecified atom stereocenters. The lowest BCUT2D eigenvalue weighted by molar-refractivity contribution is -0.118. The number of thioether (sulfide) groups is 1. The lowest BCUT2D eigenvalue weighted by atomic mass is 10.2. The lowest BCUT2D eigenvalue weighted by Crippen LogP contribution is -2.30. The van der Waals surface area contributed by atoms with Crippen LogP contribution in [0.2, 0.25) is 10.0 Å². The summed E-state index contributed by atoms with van der Waals surface area (Å²) in [5.41, 5.74) is 6.26. The summed E-state index contributed by atoms with van der Waals surface area (Å²) in [5.74, 6) is 1.08. The second-order valence-electron chi connectivity index (χ2n) is 3.37. The Labute approximate surface area is 115 Å². The fraction of sp³-hybridized carbons (Fsp3) is 0.364. The van der Waals surface area contributed by atoms with Crippen molar-refractivity contribution >= 4 is 40.9 Å². The number of nitrogens with one attached hydrogen (secondary N) is 1. The molecule has 0 aliphatic carbocycles. The van der Waals surface area contributed by atoms with Crippen molar-refractivity contribution in [1.29, 1.82) is 0 Å². The first-order valence-corrected chi connectivity index (χ1v) is 7.03. The van der Waals surface area contributed by atoms with Gasteiger partial charge in [0.15, 0.2) is 0 Å². The molecule has 0 saturated heterocycles. The number of hydrogen-bond donors (Lipinski definition) is 2. The summed E-state index contributed by atoms with van der Waals surface area (Å²) in [5, 5.41) is 3.95. The average molecular weight is 293 g/mol. The minimum absolute atomic E-state index is 0.00876. The summed E-state index contributed by atoms with van der Waals surface area (Å²) in [7, 11) is 0. The topological polar surface area (TPSA) is 55.1 Å². The lowest BCUT2D eigenvalue weighted by Gasteiger charge is -2.05. The number of carbonyl (C=O) groups excluding carboxylic acids is 1. The summed E-state index contributed by atoms with van der Waals surface area (Å²) in [6.45, 7) is 0.973. The predicted molar refractivity (Wildman–Crippen MR) is 74.7 cm³/mol. The number of nitrogens with two attached hydrogens (primary N) is 1. The van der Waals surface area contributed by atoms with Crippen molar-refractivity contribution < 1.29 is 4.79 Å². The van der Waals surface area contributed by atoms with Crippen LogP contribution in [0.25, 0.3) is 0 Å². The van der Waals surface area contributed by atoms with E-state index in [0.29, 0.717) is 34.6 Å². The molecule has 17 heavy (non-hydrogen) atoms. The molecular formula is C11H14Cl2N2OS. The third kappa shape index (κ3) is 5.64. The zero-order valence-electron chi connectivity index (χ0n) is 9.21. The van der Waals surface area contributed by atoms with Gasteiger partial charge in [0.2, 0.25) is 5.91 Å². The maximum absolute atomic E-state index is 11.3. The van der Waals surface area contributed by atoms with Crippen LogP contribution in [-0.2, 0) is 10.5 Å². The van der Waals surface area contributed by atoms with E-state index < -0.39 is 0 Å². The summed E-state index contributed by atoms with van der Waals surface area (Å²) in [6.07, 6.45) is 0. The molecular weight excluding hydrogens is 279 g/mol. The van der Waals surface area contributed by atoms with Gasteiger partial charge in [0, 0.05) is 28.9 Å². The second-order valence-corrected chi connectivity index (χ2v) is 5.20. The van der Waals surface area contributed by atoms with Gasteiger partial charge in [-0.2, -0.15) is 0 Å². The van der Waals surface area contributed by atoms with Crippen LogP contribution in [0.4, 0.5) is 0 Å². The quantitative estimate of drug-likeness (QED) is 0.846. The van der Waals surface area contributed by atoms with Gasteiger partial charge in [0.05, 0.1) is 5.75 Å². The average Bonchev–Trinajstić information content (AvgIpc) is 2.29. The maximum Gasteiger partial charge on any atom is 0.230 e. The van der Waals surface area contributed by atoms with E-state index in [1.54, 1.807) is 12.1 Å². The fourth-order valence-corrected chi connectivity index (χ4v) is 2.57. The van der Waals surface area contributed by atoms with Crippen LogP contribution in [-0.4, -0.2) is 24.7 Å². The number of rotatable bonds is 6. The predicted octanol–water partition coefficient (Wildman–Crippen LogP) is 2.30. The van der Waals surface area contributed by atoms with Gasteiger partial charge < -0.3 is 11.1 Å². The first-order valence-electron chi connectivity index (χ1n) is 5.12. The van der Waals surface area contributed by atoms with Gasteiger partial charge >= 0.3 is 0 Å². The number of hydrogen-bond acceptors (Lipinski definition) is 3. The van der Waals surface area contributed by atoms with Gasteiger partial charge in [-0.15, -0.1) is 11.8 Å². The first-order chi connectivity index (χ1) is 8.13. The highest BCUT2D eigenvalue weighted by Crippen LogP contribution is 2.24. The van der Waals surface area contributed by atoms with Crippen LogP contribution < -0.4 is 11.1 Å². The highest BCUT2D eigenvalue weighted by atomic mass is 35.5. The van der Waals surface area contributed by atoms with Crippen LogP contribution in [0.3, 0.4) is 0 Å². The normalized spacial score (nSPS) is 10.3. The Kier molecular flexibility index (Phi) is 6.73. The molecule has 6 heteroatoms. The Bertz CT molecular complexity index is 388. The molecule has 0 heterocycles. The molecule has 1 amide bonds. The van der Waals surface area contributed by atoms with Crippen LogP contribution >= 0.6 is 35.0 Å². The van der Waals surface area contributed by atoms with Crippen molar-refractivity contribution in [2.45, 2.75) is 5.75 Å². The van der Waals surface area contributed by atoms with Crippen LogP contribution in [0.1, 0.15) is 5.56 Å². The van der Waals surface area contributed by atoms with Crippen LogP contribution in [0.5, 0.6) is 0 Å². The number of carbonyl (C=O) groups is 1. The van der Waals surface area contributed by atoms with Crippen molar-refractivity contribution in [2.75, 3.05) is 18.8 Å². The molecule has 3 nitrogen and oxygen atoms in total. The van der Waals surface area contributed by atoms with Crippen molar-refractivity contribution in [1.82, 2.24) is 5.32 Å². The first kappa shape index (κ1) is 14.6. The van der Waals surface area contributed by atoms with Crippen molar-refractivity contribution in [3.63, 3.8) is 0 Å². The van der Waals surface area contributed by atoms with Gasteiger partial charge in [-0.3, -0.25) is 4.79 Å². The zero-order chi connectivity index (χ0) is 12.7. The van der Waals surface area contributed by atoms with Crippen molar-refractivity contribution in [3.05, 3.63) is 33.8 Å². The number of benzene rings is 1. The molecule has 0 aliphatic rings. The Morgan fingerprint density at radius 1 is 1.41 bits per heavy atom. The second kappa shape index (κ2) is 7.82. The summed E-state index contributed by atoms with van der Waals surface area (Å²) >= 11 is 13.3. The molecule has 0 aliphatic heterocycles. The Morgan fingerprint density at radius 2 is 2.18 bits per heavy atom. The van der Waals surface area contributed by atoms with Gasteiger partial charge in [0.1, 0.15) is 0 Å². The summed E-state index contributed by atoms with van der Waals surface area (Å²) in [6, 6.07) is 5.36. The standard InChI is InChI=1S/C11H14Cl2N2OS/c12-9-2-1-8(10(13)5-9)6-17-7-11(16)15-4-3-14/h1-2,5H,3-4,6-7,14H2,(H,15,16). The van der Waals surface area contributed by atoms with E-state index in [4.69, 9.17) is 28.9 Å². The molecule has 94 valence electrons. The van der Waals surface area contributed by atoms with Gasteiger partial charge in [-0.25, -0.2) is 0 Å². The molecule has 1 rings (SSSR count). The minimum Gasteiger partial charge on any atom is -0.354 e. The molecule has 0 radical (unpaired) electrons. The Morgan fingerprint density at radius 3 is 2.82 bits per heavy atom. The Hall–Kier alpha value is -0.420. The molecule has 0 bridgehead atoms. The number of halogens is 2. The number of amides is 1. The van der Waals surface area contributed by atoms with E-state index in [0.717, 1.165) is 5.56 Å². The third-order valence-electron chi connectivity index (χ3n) is 1.97. The summed E-state index contributed by atoms with van der Waals surface area (Å²) in [4.78, 5) is 11.3. The minimum atomic E-state index is -0.00876. The SMILES string of the molecule is NCCNC(=O)CSCc1ccc(Cl)cc1Cl. The highest BCUT2D eigenvalue weighted by molar-refractivity contribution is 7.99. The van der Waals surface area contributed by atoms with E-state index in [1.165, 1.54) is 11.8 Å². The molecule has 0 saturated carbocycles. The molecule has 0 spiro atoms. The van der Waals surface area contributed by atoms with Crippen LogP contribution in [0, 0.1) is 0 Å². The molecule has 3 N–H and O–H groups in total. The van der Waals surface area contributed by atoms with E-state index in [1.807, 2.05) is 6.07 Å². The fourth-order valence-electron chi connectivity index (χ4n) is 1.16. The zero-order valence-corrected chi connectivity index (χ0v) is 11.5. The molecule has 0 fully saturated rings. The van der Waals surface area contributed by atoms with Crippen molar-refractivity contribution in [3.8, 4) is 0 Å².